The van der Waals surface area contributed by atoms with Gasteiger partial charge in [0, 0.05) is 16.2 Å². The molecule has 29 heavy (non-hydrogen) atoms. The van der Waals surface area contributed by atoms with Crippen molar-refractivity contribution in [2.24, 2.45) is 0 Å². The molecule has 0 fully saturated rings. The van der Waals surface area contributed by atoms with Gasteiger partial charge in [-0.2, -0.15) is 0 Å². The van der Waals surface area contributed by atoms with Gasteiger partial charge in [0.2, 0.25) is 10.0 Å². The van der Waals surface area contributed by atoms with E-state index in [1.54, 1.807) is 45.0 Å². The molecule has 2 rings (SSSR count). The zero-order chi connectivity index (χ0) is 21.8. The predicted molar refractivity (Wildman–Crippen MR) is 112 cm³/mol. The van der Waals surface area contributed by atoms with Crippen LogP contribution in [0.4, 0.5) is 5.69 Å². The van der Waals surface area contributed by atoms with E-state index in [0.717, 1.165) is 6.07 Å². The number of carbonyl (C=O) groups is 2. The Kier molecular flexibility index (Phi) is 7.29. The maximum Gasteiger partial charge on any atom is 0.338 e. The summed E-state index contributed by atoms with van der Waals surface area (Å²) in [6.07, 6.45) is 0. The fraction of sp³-hybridized carbons (Fsp3) is 0.263. The van der Waals surface area contributed by atoms with Gasteiger partial charge < -0.3 is 10.1 Å². The highest BCUT2D eigenvalue weighted by Crippen LogP contribution is 2.24. The van der Waals surface area contributed by atoms with Crippen molar-refractivity contribution in [2.45, 2.75) is 31.2 Å². The SMILES string of the molecule is CC(C)(C)NS(=O)(=O)c1cc(C(=O)OCC(=O)Nc2ccc(Cl)cc2)ccc1Cl. The van der Waals surface area contributed by atoms with Crippen LogP contribution < -0.4 is 10.0 Å². The van der Waals surface area contributed by atoms with Crippen molar-refractivity contribution in [3.8, 4) is 0 Å². The second kappa shape index (κ2) is 9.13. The number of hydrogen-bond donors (Lipinski definition) is 2. The second-order valence-corrected chi connectivity index (χ2v) is 9.63. The highest BCUT2D eigenvalue weighted by atomic mass is 35.5. The Balaban J connectivity index is 2.07. The Morgan fingerprint density at radius 1 is 1.03 bits per heavy atom. The van der Waals surface area contributed by atoms with Crippen LogP contribution in [0.2, 0.25) is 10.0 Å². The van der Waals surface area contributed by atoms with Gasteiger partial charge in [0.15, 0.2) is 6.61 Å². The molecule has 10 heteroatoms. The number of anilines is 1. The van der Waals surface area contributed by atoms with Crippen LogP contribution in [-0.4, -0.2) is 32.4 Å². The molecule has 0 saturated carbocycles. The Hall–Kier alpha value is -2.13. The number of rotatable bonds is 6. The molecule has 2 aromatic rings. The molecule has 7 nitrogen and oxygen atoms in total. The fourth-order valence-electron chi connectivity index (χ4n) is 2.24. The first-order valence-corrected chi connectivity index (χ1v) is 10.7. The molecule has 2 aromatic carbocycles. The minimum absolute atomic E-state index is 0.0428. The summed E-state index contributed by atoms with van der Waals surface area (Å²) >= 11 is 11.8. The van der Waals surface area contributed by atoms with Crippen molar-refractivity contribution >= 4 is 50.8 Å². The number of carbonyl (C=O) groups excluding carboxylic acids is 2. The number of ether oxygens (including phenoxy) is 1. The van der Waals surface area contributed by atoms with E-state index >= 15 is 0 Å². The van der Waals surface area contributed by atoms with Crippen LogP contribution in [0.5, 0.6) is 0 Å². The quantitative estimate of drug-likeness (QED) is 0.639. The first-order chi connectivity index (χ1) is 13.4. The lowest BCUT2D eigenvalue weighted by Gasteiger charge is -2.21. The van der Waals surface area contributed by atoms with E-state index in [4.69, 9.17) is 27.9 Å². The lowest BCUT2D eigenvalue weighted by Crippen LogP contribution is -2.40. The van der Waals surface area contributed by atoms with Gasteiger partial charge in [-0.25, -0.2) is 17.9 Å². The summed E-state index contributed by atoms with van der Waals surface area (Å²) in [6.45, 7) is 4.48. The summed E-state index contributed by atoms with van der Waals surface area (Å²) < 4.78 is 32.5. The number of halogens is 2. The smallest absolute Gasteiger partial charge is 0.338 e. The molecule has 2 N–H and O–H groups in total. The molecule has 0 atom stereocenters. The Morgan fingerprint density at radius 2 is 1.66 bits per heavy atom. The molecule has 0 aliphatic carbocycles. The largest absolute Gasteiger partial charge is 0.452 e. The topological polar surface area (TPSA) is 102 Å². The van der Waals surface area contributed by atoms with Gasteiger partial charge in [-0.05, 0) is 63.2 Å². The van der Waals surface area contributed by atoms with Crippen LogP contribution in [0.25, 0.3) is 0 Å². The third-order valence-corrected chi connectivity index (χ3v) is 5.85. The maximum absolute atomic E-state index is 12.5. The maximum atomic E-state index is 12.5. The van der Waals surface area contributed by atoms with Gasteiger partial charge in [-0.15, -0.1) is 0 Å². The second-order valence-electron chi connectivity index (χ2n) is 7.13. The summed E-state index contributed by atoms with van der Waals surface area (Å²) in [7, 11) is -3.96. The zero-order valence-electron chi connectivity index (χ0n) is 16.0. The lowest BCUT2D eigenvalue weighted by atomic mass is 10.1. The molecule has 156 valence electrons. The minimum Gasteiger partial charge on any atom is -0.452 e. The molecule has 0 heterocycles. The van der Waals surface area contributed by atoms with Crippen molar-refractivity contribution in [1.82, 2.24) is 4.72 Å². The molecule has 0 saturated heterocycles. The summed E-state index contributed by atoms with van der Waals surface area (Å²) in [5, 5.41) is 3.02. The number of benzene rings is 2. The van der Waals surface area contributed by atoms with Gasteiger partial charge in [0.05, 0.1) is 10.6 Å². The van der Waals surface area contributed by atoms with Crippen LogP contribution in [0, 0.1) is 0 Å². The van der Waals surface area contributed by atoms with Gasteiger partial charge in [-0.3, -0.25) is 4.79 Å². The van der Waals surface area contributed by atoms with Crippen molar-refractivity contribution in [1.29, 1.82) is 0 Å². The highest BCUT2D eigenvalue weighted by Gasteiger charge is 2.25. The van der Waals surface area contributed by atoms with E-state index in [1.807, 2.05) is 0 Å². The average Bonchev–Trinajstić information content (AvgIpc) is 2.60. The highest BCUT2D eigenvalue weighted by molar-refractivity contribution is 7.89. The summed E-state index contributed by atoms with van der Waals surface area (Å²) in [6, 6.07) is 10.1. The molecular formula is C19H20Cl2N2O5S. The monoisotopic (exact) mass is 458 g/mol. The lowest BCUT2D eigenvalue weighted by molar-refractivity contribution is -0.119. The average molecular weight is 459 g/mol. The number of amides is 1. The van der Waals surface area contributed by atoms with Gasteiger partial charge >= 0.3 is 5.97 Å². The van der Waals surface area contributed by atoms with Crippen molar-refractivity contribution < 1.29 is 22.7 Å². The van der Waals surface area contributed by atoms with Gasteiger partial charge in [-0.1, -0.05) is 23.2 Å². The van der Waals surface area contributed by atoms with Crippen molar-refractivity contribution in [2.75, 3.05) is 11.9 Å². The van der Waals surface area contributed by atoms with Crippen molar-refractivity contribution in [3.63, 3.8) is 0 Å². The van der Waals surface area contributed by atoms with Crippen LogP contribution in [0.15, 0.2) is 47.4 Å². The predicted octanol–water partition coefficient (Wildman–Crippen LogP) is 3.87. The molecular weight excluding hydrogens is 439 g/mol. The third-order valence-electron chi connectivity index (χ3n) is 3.36. The zero-order valence-corrected chi connectivity index (χ0v) is 18.3. The van der Waals surface area contributed by atoms with E-state index in [2.05, 4.69) is 10.0 Å². The van der Waals surface area contributed by atoms with E-state index < -0.39 is 34.0 Å². The molecule has 0 aromatic heterocycles. The van der Waals surface area contributed by atoms with Crippen LogP contribution in [0.1, 0.15) is 31.1 Å². The Bertz CT molecular complexity index is 1020. The molecule has 0 spiro atoms. The number of sulfonamides is 1. The minimum atomic E-state index is -3.96. The van der Waals surface area contributed by atoms with E-state index in [1.165, 1.54) is 12.1 Å². The van der Waals surface area contributed by atoms with Gasteiger partial charge in [0.1, 0.15) is 4.90 Å². The normalized spacial score (nSPS) is 11.8. The van der Waals surface area contributed by atoms with E-state index in [9.17, 15) is 18.0 Å². The molecule has 0 radical (unpaired) electrons. The van der Waals surface area contributed by atoms with Crippen molar-refractivity contribution in [3.05, 3.63) is 58.1 Å². The number of hydrogen-bond acceptors (Lipinski definition) is 5. The Morgan fingerprint density at radius 3 is 2.24 bits per heavy atom. The molecule has 0 bridgehead atoms. The van der Waals surface area contributed by atoms with E-state index in [-0.39, 0.29) is 15.5 Å². The summed E-state index contributed by atoms with van der Waals surface area (Å²) in [4.78, 5) is 23.9. The first-order valence-electron chi connectivity index (χ1n) is 8.43. The molecule has 0 aliphatic rings. The fourth-order valence-corrected chi connectivity index (χ4v) is 4.31. The standard InChI is InChI=1S/C19H20Cl2N2O5S/c1-19(2,3)23-29(26,27)16-10-12(4-9-15(16)21)18(25)28-11-17(24)22-14-7-5-13(20)6-8-14/h4-10,23H,11H2,1-3H3,(H,22,24). The van der Waals surface area contributed by atoms with Gasteiger partial charge in [0.25, 0.3) is 5.91 Å². The van der Waals surface area contributed by atoms with Crippen LogP contribution in [0.3, 0.4) is 0 Å². The number of nitrogens with one attached hydrogen (secondary N) is 2. The summed E-state index contributed by atoms with van der Waals surface area (Å²) in [5.41, 5.74) is -0.301. The Labute approximate surface area is 179 Å². The molecule has 0 unspecified atom stereocenters. The third kappa shape index (κ3) is 7.01. The van der Waals surface area contributed by atoms with Crippen LogP contribution in [-0.2, 0) is 19.6 Å². The first kappa shape index (κ1) is 23.2. The van der Waals surface area contributed by atoms with E-state index in [0.29, 0.717) is 10.7 Å². The molecule has 0 aliphatic heterocycles. The summed E-state index contributed by atoms with van der Waals surface area (Å²) in [5.74, 6) is -1.42. The number of esters is 1. The molecule has 1 amide bonds. The van der Waals surface area contributed by atoms with Crippen LogP contribution >= 0.6 is 23.2 Å².